The lowest BCUT2D eigenvalue weighted by Crippen LogP contribution is -2.32. The van der Waals surface area contributed by atoms with Crippen LogP contribution >= 0.6 is 0 Å². The molecule has 0 aliphatic carbocycles. The summed E-state index contributed by atoms with van der Waals surface area (Å²) in [6.07, 6.45) is 0. The molecule has 0 atom stereocenters. The van der Waals surface area contributed by atoms with E-state index in [2.05, 4.69) is 16.7 Å². The standard InChI is InChI=1S/C21H23N3O2/c1-6-24(12-13(2)3)21(25)17-11-18(16-9-7-14(4)8-10-16)22-20-19(17)15(5)23-26-20/h7-11H,2,6,12H2,1,3-5H3. The van der Waals surface area contributed by atoms with E-state index < -0.39 is 0 Å². The molecule has 2 heterocycles. The molecular weight excluding hydrogens is 326 g/mol. The van der Waals surface area contributed by atoms with E-state index in [1.165, 1.54) is 5.56 Å². The van der Waals surface area contributed by atoms with Crippen molar-refractivity contribution in [1.82, 2.24) is 15.0 Å². The Morgan fingerprint density at radius 1 is 1.23 bits per heavy atom. The minimum Gasteiger partial charge on any atom is -0.335 e. The molecule has 0 saturated carbocycles. The van der Waals surface area contributed by atoms with Gasteiger partial charge in [-0.05, 0) is 33.8 Å². The third-order valence-electron chi connectivity index (χ3n) is 4.32. The van der Waals surface area contributed by atoms with Gasteiger partial charge in [0.15, 0.2) is 0 Å². The number of likely N-dealkylation sites (N-methyl/N-ethyl adjacent to an activating group) is 1. The van der Waals surface area contributed by atoms with Crippen LogP contribution in [0.4, 0.5) is 0 Å². The van der Waals surface area contributed by atoms with Crippen molar-refractivity contribution in [1.29, 1.82) is 0 Å². The Balaban J connectivity index is 2.16. The number of pyridine rings is 1. The van der Waals surface area contributed by atoms with Gasteiger partial charge in [-0.1, -0.05) is 47.1 Å². The molecular formula is C21H23N3O2. The van der Waals surface area contributed by atoms with Crippen LogP contribution in [0.3, 0.4) is 0 Å². The van der Waals surface area contributed by atoms with Crippen molar-refractivity contribution in [3.8, 4) is 11.3 Å². The van der Waals surface area contributed by atoms with Crippen LogP contribution in [0.2, 0.25) is 0 Å². The molecule has 0 aliphatic heterocycles. The second-order valence-electron chi connectivity index (χ2n) is 6.65. The fourth-order valence-electron chi connectivity index (χ4n) is 2.96. The highest BCUT2D eigenvalue weighted by atomic mass is 16.5. The van der Waals surface area contributed by atoms with E-state index in [9.17, 15) is 4.79 Å². The van der Waals surface area contributed by atoms with Crippen LogP contribution in [0.15, 0.2) is 47.0 Å². The molecule has 0 fully saturated rings. The summed E-state index contributed by atoms with van der Waals surface area (Å²) >= 11 is 0. The lowest BCUT2D eigenvalue weighted by Gasteiger charge is -2.21. The Morgan fingerprint density at radius 3 is 2.54 bits per heavy atom. The third kappa shape index (κ3) is 3.38. The average Bonchev–Trinajstić information content (AvgIpc) is 3.00. The summed E-state index contributed by atoms with van der Waals surface area (Å²) < 4.78 is 5.37. The number of benzene rings is 1. The Labute approximate surface area is 153 Å². The number of carbonyl (C=O) groups excluding carboxylic acids is 1. The van der Waals surface area contributed by atoms with Gasteiger partial charge in [0.1, 0.15) is 0 Å². The maximum Gasteiger partial charge on any atom is 0.259 e. The predicted molar refractivity (Wildman–Crippen MR) is 103 cm³/mol. The van der Waals surface area contributed by atoms with Gasteiger partial charge in [0.2, 0.25) is 0 Å². The fourth-order valence-corrected chi connectivity index (χ4v) is 2.96. The second-order valence-corrected chi connectivity index (χ2v) is 6.65. The minimum atomic E-state index is -0.0671. The SMILES string of the molecule is C=C(C)CN(CC)C(=O)c1cc(-c2ccc(C)cc2)nc2onc(C)c12. The molecule has 5 nitrogen and oxygen atoms in total. The van der Waals surface area contributed by atoms with E-state index in [1.54, 1.807) is 4.90 Å². The quantitative estimate of drug-likeness (QED) is 0.634. The first kappa shape index (κ1) is 17.9. The topological polar surface area (TPSA) is 59.2 Å². The number of fused-ring (bicyclic) bond motifs is 1. The van der Waals surface area contributed by atoms with Gasteiger partial charge in [-0.3, -0.25) is 4.79 Å². The van der Waals surface area contributed by atoms with Crippen LogP contribution < -0.4 is 0 Å². The van der Waals surface area contributed by atoms with Crippen molar-refractivity contribution >= 4 is 17.0 Å². The monoisotopic (exact) mass is 349 g/mol. The van der Waals surface area contributed by atoms with E-state index in [0.717, 1.165) is 11.1 Å². The van der Waals surface area contributed by atoms with Gasteiger partial charge in [0.25, 0.3) is 11.6 Å². The van der Waals surface area contributed by atoms with E-state index in [-0.39, 0.29) is 5.91 Å². The third-order valence-corrected chi connectivity index (χ3v) is 4.32. The second kappa shape index (κ2) is 7.12. The van der Waals surface area contributed by atoms with Gasteiger partial charge in [0.05, 0.1) is 22.3 Å². The van der Waals surface area contributed by atoms with Crippen LogP contribution in [0, 0.1) is 13.8 Å². The van der Waals surface area contributed by atoms with Crippen molar-refractivity contribution < 1.29 is 9.32 Å². The van der Waals surface area contributed by atoms with Crippen molar-refractivity contribution in [3.63, 3.8) is 0 Å². The van der Waals surface area contributed by atoms with Gasteiger partial charge >= 0.3 is 0 Å². The molecule has 0 aliphatic rings. The zero-order valence-corrected chi connectivity index (χ0v) is 15.7. The smallest absolute Gasteiger partial charge is 0.259 e. The average molecular weight is 349 g/mol. The molecule has 0 saturated heterocycles. The highest BCUT2D eigenvalue weighted by Gasteiger charge is 2.22. The first-order chi connectivity index (χ1) is 12.4. The molecule has 1 amide bonds. The molecule has 26 heavy (non-hydrogen) atoms. The number of aromatic nitrogens is 2. The number of nitrogens with zero attached hydrogens (tertiary/aromatic N) is 3. The molecule has 0 N–H and O–H groups in total. The number of aryl methyl sites for hydroxylation is 2. The summed E-state index contributed by atoms with van der Waals surface area (Å²) in [6, 6.07) is 9.86. The number of hydrogen-bond acceptors (Lipinski definition) is 4. The van der Waals surface area contributed by atoms with Crippen molar-refractivity contribution in [3.05, 3.63) is 59.3 Å². The number of amides is 1. The molecule has 0 spiro atoms. The van der Waals surface area contributed by atoms with Crippen molar-refractivity contribution in [2.45, 2.75) is 27.7 Å². The van der Waals surface area contributed by atoms with Crippen molar-refractivity contribution in [2.24, 2.45) is 0 Å². The minimum absolute atomic E-state index is 0.0671. The number of rotatable bonds is 5. The van der Waals surface area contributed by atoms with E-state index in [4.69, 9.17) is 4.52 Å². The summed E-state index contributed by atoms with van der Waals surface area (Å²) in [5, 5.41) is 4.68. The molecule has 1 aromatic carbocycles. The normalized spacial score (nSPS) is 10.9. The van der Waals surface area contributed by atoms with Crippen molar-refractivity contribution in [2.75, 3.05) is 13.1 Å². The maximum atomic E-state index is 13.2. The highest BCUT2D eigenvalue weighted by molar-refractivity contribution is 6.07. The lowest BCUT2D eigenvalue weighted by atomic mass is 10.0. The van der Waals surface area contributed by atoms with Crippen LogP contribution in [0.25, 0.3) is 22.4 Å². The summed E-state index contributed by atoms with van der Waals surface area (Å²) in [5.41, 5.74) is 5.35. The molecule has 0 unspecified atom stereocenters. The zero-order valence-electron chi connectivity index (χ0n) is 15.7. The first-order valence-electron chi connectivity index (χ1n) is 8.68. The highest BCUT2D eigenvalue weighted by Crippen LogP contribution is 2.28. The number of carbonyl (C=O) groups is 1. The Bertz CT molecular complexity index is 971. The molecule has 134 valence electrons. The van der Waals surface area contributed by atoms with Gasteiger partial charge in [-0.15, -0.1) is 0 Å². The zero-order chi connectivity index (χ0) is 18.8. The van der Waals surface area contributed by atoms with E-state index in [0.29, 0.717) is 41.1 Å². The largest absolute Gasteiger partial charge is 0.335 e. The van der Waals surface area contributed by atoms with Crippen LogP contribution in [-0.4, -0.2) is 34.0 Å². The molecule has 0 bridgehead atoms. The van der Waals surface area contributed by atoms with Gasteiger partial charge in [0, 0.05) is 18.7 Å². The lowest BCUT2D eigenvalue weighted by molar-refractivity contribution is 0.0780. The Morgan fingerprint density at radius 2 is 1.92 bits per heavy atom. The predicted octanol–water partition coefficient (Wildman–Crippen LogP) is 4.54. The molecule has 2 aromatic heterocycles. The number of hydrogen-bond donors (Lipinski definition) is 0. The summed E-state index contributed by atoms with van der Waals surface area (Å²) in [7, 11) is 0. The van der Waals surface area contributed by atoms with E-state index in [1.807, 2.05) is 58.0 Å². The Hall–Kier alpha value is -2.95. The molecule has 0 radical (unpaired) electrons. The maximum absolute atomic E-state index is 13.2. The molecule has 3 rings (SSSR count). The fraction of sp³-hybridized carbons (Fsp3) is 0.286. The summed E-state index contributed by atoms with van der Waals surface area (Å²) in [5.74, 6) is -0.0671. The van der Waals surface area contributed by atoms with E-state index >= 15 is 0 Å². The van der Waals surface area contributed by atoms with Crippen LogP contribution in [0.5, 0.6) is 0 Å². The molecule has 5 heteroatoms. The van der Waals surface area contributed by atoms with Gasteiger partial charge in [-0.25, -0.2) is 4.98 Å². The van der Waals surface area contributed by atoms with Gasteiger partial charge in [-0.2, -0.15) is 0 Å². The first-order valence-corrected chi connectivity index (χ1v) is 8.68. The van der Waals surface area contributed by atoms with Gasteiger partial charge < -0.3 is 9.42 Å². The van der Waals surface area contributed by atoms with Crippen LogP contribution in [0.1, 0.15) is 35.5 Å². The Kier molecular flexibility index (Phi) is 4.89. The summed E-state index contributed by atoms with van der Waals surface area (Å²) in [6.45, 7) is 12.8. The summed E-state index contributed by atoms with van der Waals surface area (Å²) in [4.78, 5) is 19.5. The van der Waals surface area contributed by atoms with Crippen LogP contribution in [-0.2, 0) is 0 Å². The molecule has 3 aromatic rings.